The summed E-state index contributed by atoms with van der Waals surface area (Å²) in [6, 6.07) is 8.73. The van der Waals surface area contributed by atoms with Gasteiger partial charge in [-0.05, 0) is 69.2 Å². The smallest absolute Gasteiger partial charge is 0.244 e. The molecule has 1 N–H and O–H groups in total. The first-order chi connectivity index (χ1) is 16.1. The Morgan fingerprint density at radius 1 is 1.06 bits per heavy atom. The van der Waals surface area contributed by atoms with Crippen LogP contribution in [-0.4, -0.2) is 49.5 Å². The lowest BCUT2D eigenvalue weighted by molar-refractivity contribution is -0.141. The molecule has 2 rings (SSSR count). The molecule has 2 aromatic rings. The van der Waals surface area contributed by atoms with E-state index in [4.69, 9.17) is 23.2 Å². The summed E-state index contributed by atoms with van der Waals surface area (Å²) < 4.78 is 39.3. The Morgan fingerprint density at radius 2 is 1.66 bits per heavy atom. The molecule has 0 aromatic heterocycles. The number of rotatable bonds is 9. The van der Waals surface area contributed by atoms with Crippen LogP contribution >= 0.6 is 23.2 Å². The van der Waals surface area contributed by atoms with Crippen molar-refractivity contribution in [3.8, 4) is 0 Å². The number of anilines is 1. The topological polar surface area (TPSA) is 86.8 Å². The summed E-state index contributed by atoms with van der Waals surface area (Å²) in [6.07, 6.45) is 1.24. The molecule has 11 heteroatoms. The van der Waals surface area contributed by atoms with Crippen LogP contribution in [0.3, 0.4) is 0 Å². The van der Waals surface area contributed by atoms with Crippen molar-refractivity contribution in [2.75, 3.05) is 17.1 Å². The molecule has 0 bridgehead atoms. The fourth-order valence-electron chi connectivity index (χ4n) is 3.43. The minimum absolute atomic E-state index is 0.00713. The van der Waals surface area contributed by atoms with E-state index < -0.39 is 39.9 Å². The van der Waals surface area contributed by atoms with Gasteiger partial charge in [0.2, 0.25) is 21.8 Å². The molecule has 2 aromatic carbocycles. The minimum Gasteiger partial charge on any atom is -0.350 e. The lowest BCUT2D eigenvalue weighted by Gasteiger charge is -2.34. The molecule has 0 fully saturated rings. The maximum absolute atomic E-state index is 13.6. The Balaban J connectivity index is 2.47. The molecule has 0 saturated heterocycles. The third kappa shape index (κ3) is 8.37. The van der Waals surface area contributed by atoms with Crippen molar-refractivity contribution in [3.05, 3.63) is 63.9 Å². The van der Waals surface area contributed by atoms with Gasteiger partial charge in [-0.25, -0.2) is 12.8 Å². The van der Waals surface area contributed by atoms with E-state index in [1.807, 2.05) is 20.8 Å². The number of amides is 2. The highest BCUT2D eigenvalue weighted by molar-refractivity contribution is 7.92. The molecule has 0 aliphatic rings. The number of nitrogens with one attached hydrogen (secondary N) is 1. The van der Waals surface area contributed by atoms with Gasteiger partial charge in [0.1, 0.15) is 18.4 Å². The van der Waals surface area contributed by atoms with Crippen molar-refractivity contribution in [3.63, 3.8) is 0 Å². The monoisotopic (exact) mass is 545 g/mol. The van der Waals surface area contributed by atoms with Gasteiger partial charge in [-0.1, -0.05) is 36.2 Å². The molecule has 0 saturated carbocycles. The number of hydrogen-bond acceptors (Lipinski definition) is 4. The number of sulfonamides is 1. The van der Waals surface area contributed by atoms with Gasteiger partial charge in [0.15, 0.2) is 0 Å². The van der Waals surface area contributed by atoms with Crippen molar-refractivity contribution in [1.29, 1.82) is 0 Å². The van der Waals surface area contributed by atoms with Crippen LogP contribution in [0.15, 0.2) is 42.5 Å². The van der Waals surface area contributed by atoms with E-state index in [1.54, 1.807) is 25.1 Å². The number of halogens is 3. The van der Waals surface area contributed by atoms with Gasteiger partial charge in [0.25, 0.3) is 0 Å². The van der Waals surface area contributed by atoms with E-state index in [0.717, 1.165) is 22.7 Å². The van der Waals surface area contributed by atoms with Crippen LogP contribution in [-0.2, 0) is 26.2 Å². The second-order valence-corrected chi connectivity index (χ2v) is 11.9. The zero-order valence-corrected chi connectivity index (χ0v) is 22.6. The lowest BCUT2D eigenvalue weighted by Crippen LogP contribution is -2.55. The third-order valence-corrected chi connectivity index (χ3v) is 6.89. The van der Waals surface area contributed by atoms with Gasteiger partial charge >= 0.3 is 0 Å². The van der Waals surface area contributed by atoms with Crippen molar-refractivity contribution < 1.29 is 22.4 Å². The third-order valence-electron chi connectivity index (χ3n) is 5.01. The van der Waals surface area contributed by atoms with Crippen molar-refractivity contribution in [1.82, 2.24) is 10.2 Å². The van der Waals surface area contributed by atoms with Crippen LogP contribution in [0, 0.1) is 5.82 Å². The highest BCUT2D eigenvalue weighted by Gasteiger charge is 2.33. The van der Waals surface area contributed by atoms with Gasteiger partial charge in [-0.15, -0.1) is 0 Å². The van der Waals surface area contributed by atoms with Crippen molar-refractivity contribution in [2.24, 2.45) is 0 Å². The van der Waals surface area contributed by atoms with E-state index in [2.05, 4.69) is 5.32 Å². The SMILES string of the molecule is CC[C@@H](C(=O)NC(C)(C)C)N(Cc1ccc(Cl)c(Cl)c1)C(=O)CN(c1ccc(F)cc1)S(C)(=O)=O. The summed E-state index contributed by atoms with van der Waals surface area (Å²) in [5.74, 6) is -1.53. The molecule has 0 aliphatic carbocycles. The average Bonchev–Trinajstić information content (AvgIpc) is 2.73. The second kappa shape index (κ2) is 11.6. The van der Waals surface area contributed by atoms with E-state index in [0.29, 0.717) is 10.6 Å². The molecule has 0 unspecified atom stereocenters. The number of carbonyl (C=O) groups excluding carboxylic acids is 2. The molecule has 0 aliphatic heterocycles. The van der Waals surface area contributed by atoms with Crippen molar-refractivity contribution >= 4 is 50.7 Å². The maximum atomic E-state index is 13.6. The Kier molecular flexibility index (Phi) is 9.56. The van der Waals surface area contributed by atoms with E-state index in [9.17, 15) is 22.4 Å². The highest BCUT2D eigenvalue weighted by Crippen LogP contribution is 2.25. The van der Waals surface area contributed by atoms with E-state index >= 15 is 0 Å². The predicted molar refractivity (Wildman–Crippen MR) is 138 cm³/mol. The Bertz CT molecular complexity index is 1170. The first kappa shape index (κ1) is 28.9. The fourth-order valence-corrected chi connectivity index (χ4v) is 4.60. The van der Waals surface area contributed by atoms with E-state index in [-0.39, 0.29) is 29.6 Å². The van der Waals surface area contributed by atoms with Crippen LogP contribution < -0.4 is 9.62 Å². The Labute approximate surface area is 216 Å². The summed E-state index contributed by atoms with van der Waals surface area (Å²) in [5, 5.41) is 3.50. The molecule has 192 valence electrons. The molecular weight excluding hydrogens is 516 g/mol. The molecule has 0 spiro atoms. The van der Waals surface area contributed by atoms with Gasteiger partial charge in [-0.2, -0.15) is 0 Å². The minimum atomic E-state index is -3.90. The van der Waals surface area contributed by atoms with E-state index in [1.165, 1.54) is 17.0 Å². The summed E-state index contributed by atoms with van der Waals surface area (Å²) in [6.45, 7) is 6.64. The van der Waals surface area contributed by atoms with Crippen LogP contribution in [0.2, 0.25) is 10.0 Å². The summed E-state index contributed by atoms with van der Waals surface area (Å²) >= 11 is 12.2. The number of nitrogens with zero attached hydrogens (tertiary/aromatic N) is 2. The van der Waals surface area contributed by atoms with Gasteiger partial charge < -0.3 is 10.2 Å². The molecular formula is C24H30Cl2FN3O4S. The number of carbonyl (C=O) groups is 2. The van der Waals surface area contributed by atoms with Crippen LogP contribution in [0.5, 0.6) is 0 Å². The van der Waals surface area contributed by atoms with Gasteiger partial charge in [-0.3, -0.25) is 13.9 Å². The molecule has 1 atom stereocenters. The molecule has 35 heavy (non-hydrogen) atoms. The summed E-state index contributed by atoms with van der Waals surface area (Å²) in [4.78, 5) is 28.0. The van der Waals surface area contributed by atoms with Crippen LogP contribution in [0.1, 0.15) is 39.7 Å². The van der Waals surface area contributed by atoms with Gasteiger partial charge in [0, 0.05) is 12.1 Å². The molecule has 0 heterocycles. The normalized spacial score (nSPS) is 12.7. The number of hydrogen-bond donors (Lipinski definition) is 1. The maximum Gasteiger partial charge on any atom is 0.244 e. The summed E-state index contributed by atoms with van der Waals surface area (Å²) in [7, 11) is -3.90. The fraction of sp³-hybridized carbons (Fsp3) is 0.417. The zero-order valence-electron chi connectivity index (χ0n) is 20.3. The quantitative estimate of drug-likeness (QED) is 0.498. The van der Waals surface area contributed by atoms with Gasteiger partial charge in [0.05, 0.1) is 22.0 Å². The first-order valence-electron chi connectivity index (χ1n) is 10.9. The molecule has 2 amide bonds. The lowest BCUT2D eigenvalue weighted by atomic mass is 10.1. The summed E-state index contributed by atoms with van der Waals surface area (Å²) in [5.41, 5.74) is 0.196. The predicted octanol–water partition coefficient (Wildman–Crippen LogP) is 4.62. The second-order valence-electron chi connectivity index (χ2n) is 9.18. The average molecular weight is 546 g/mol. The van der Waals surface area contributed by atoms with Crippen LogP contribution in [0.25, 0.3) is 0 Å². The Hall–Kier alpha value is -2.36. The van der Waals surface area contributed by atoms with Crippen LogP contribution in [0.4, 0.5) is 10.1 Å². The molecule has 0 radical (unpaired) electrons. The molecule has 7 nitrogen and oxygen atoms in total. The Morgan fingerprint density at radius 3 is 2.14 bits per heavy atom. The standard InChI is InChI=1S/C24H30Cl2FN3O4S/c1-6-21(23(32)28-24(2,3)4)29(14-16-7-12-19(25)20(26)13-16)22(31)15-30(35(5,33)34)18-10-8-17(27)9-11-18/h7-13,21H,6,14-15H2,1-5H3,(H,28,32)/t21-/m0/s1. The largest absolute Gasteiger partial charge is 0.350 e. The number of benzene rings is 2. The van der Waals surface area contributed by atoms with Crippen molar-refractivity contribution in [2.45, 2.75) is 52.2 Å². The zero-order chi connectivity index (χ0) is 26.6. The first-order valence-corrected chi connectivity index (χ1v) is 13.5. The highest BCUT2D eigenvalue weighted by atomic mass is 35.5.